The number of halogens is 1. The van der Waals surface area contributed by atoms with Crippen molar-refractivity contribution in [1.29, 1.82) is 0 Å². The third-order valence-corrected chi connectivity index (χ3v) is 5.72. The molecule has 1 aromatic heterocycles. The number of hydrogen-bond donors (Lipinski definition) is 0. The Hall–Kier alpha value is -3.85. The summed E-state index contributed by atoms with van der Waals surface area (Å²) in [5.74, 6) is 0.890. The van der Waals surface area contributed by atoms with Crippen LogP contribution in [0.4, 0.5) is 5.69 Å². The van der Waals surface area contributed by atoms with Crippen molar-refractivity contribution in [2.75, 3.05) is 0 Å². The molecule has 0 atom stereocenters. The summed E-state index contributed by atoms with van der Waals surface area (Å²) < 4.78 is 7.91. The SMILES string of the molecule is CCc1nc2ccc(Br)cc2c(=O)n1N=Cc1cc([N+](=O)[O-])ccc1OCc1ccc(C)cc1. The number of hydrogen-bond acceptors (Lipinski definition) is 6. The second kappa shape index (κ2) is 9.96. The Balaban J connectivity index is 1.74. The molecule has 34 heavy (non-hydrogen) atoms. The van der Waals surface area contributed by atoms with E-state index in [0.29, 0.717) is 34.5 Å². The average Bonchev–Trinajstić information content (AvgIpc) is 2.83. The lowest BCUT2D eigenvalue weighted by atomic mass is 10.1. The number of non-ortho nitro benzene ring substituents is 1. The second-order valence-electron chi connectivity index (χ2n) is 7.66. The maximum absolute atomic E-state index is 13.1. The van der Waals surface area contributed by atoms with E-state index in [4.69, 9.17) is 4.74 Å². The zero-order chi connectivity index (χ0) is 24.2. The van der Waals surface area contributed by atoms with E-state index < -0.39 is 4.92 Å². The van der Waals surface area contributed by atoms with Gasteiger partial charge in [0.05, 0.1) is 22.0 Å². The summed E-state index contributed by atoms with van der Waals surface area (Å²) in [6.45, 7) is 4.16. The molecule has 0 unspecified atom stereocenters. The number of aromatic nitrogens is 2. The van der Waals surface area contributed by atoms with E-state index in [2.05, 4.69) is 26.0 Å². The van der Waals surface area contributed by atoms with Crippen molar-refractivity contribution in [2.24, 2.45) is 5.10 Å². The molecule has 172 valence electrons. The molecule has 9 heteroatoms. The molecular formula is C25H21BrN4O4. The van der Waals surface area contributed by atoms with Crippen molar-refractivity contribution in [2.45, 2.75) is 26.9 Å². The van der Waals surface area contributed by atoms with Crippen LogP contribution in [0, 0.1) is 17.0 Å². The molecule has 3 aromatic carbocycles. The monoisotopic (exact) mass is 520 g/mol. The Kier molecular flexibility index (Phi) is 6.83. The number of ether oxygens (including phenoxy) is 1. The van der Waals surface area contributed by atoms with E-state index >= 15 is 0 Å². The third kappa shape index (κ3) is 5.04. The van der Waals surface area contributed by atoms with Crippen LogP contribution in [0.25, 0.3) is 10.9 Å². The molecule has 4 rings (SSSR count). The smallest absolute Gasteiger partial charge is 0.282 e. The van der Waals surface area contributed by atoms with Crippen LogP contribution in [0.3, 0.4) is 0 Å². The van der Waals surface area contributed by atoms with Gasteiger partial charge >= 0.3 is 0 Å². The highest BCUT2D eigenvalue weighted by Gasteiger charge is 2.13. The van der Waals surface area contributed by atoms with Crippen molar-refractivity contribution in [3.05, 3.63) is 108 Å². The molecule has 0 aliphatic carbocycles. The summed E-state index contributed by atoms with van der Waals surface area (Å²) in [7, 11) is 0. The first kappa shape index (κ1) is 23.3. The van der Waals surface area contributed by atoms with Crippen molar-refractivity contribution >= 4 is 38.7 Å². The molecule has 0 saturated heterocycles. The minimum Gasteiger partial charge on any atom is -0.488 e. The van der Waals surface area contributed by atoms with Gasteiger partial charge in [-0.25, -0.2) is 4.98 Å². The minimum atomic E-state index is -0.486. The van der Waals surface area contributed by atoms with Gasteiger partial charge in [0.25, 0.3) is 11.2 Å². The highest BCUT2D eigenvalue weighted by molar-refractivity contribution is 9.10. The Morgan fingerprint density at radius 1 is 1.15 bits per heavy atom. The fourth-order valence-corrected chi connectivity index (χ4v) is 3.75. The second-order valence-corrected chi connectivity index (χ2v) is 8.57. The quantitative estimate of drug-likeness (QED) is 0.184. The van der Waals surface area contributed by atoms with Gasteiger partial charge in [0.2, 0.25) is 0 Å². The molecule has 0 radical (unpaired) electrons. The summed E-state index contributed by atoms with van der Waals surface area (Å²) in [6.07, 6.45) is 1.87. The predicted molar refractivity (Wildman–Crippen MR) is 135 cm³/mol. The number of rotatable bonds is 7. The standard InChI is InChI=1S/C25H21BrN4O4/c1-3-24-28-22-10-8-19(26)13-21(22)25(31)29(24)27-14-18-12-20(30(32)33)9-11-23(18)34-15-17-6-4-16(2)5-7-17/h4-14H,3,15H2,1-2H3. The highest BCUT2D eigenvalue weighted by Crippen LogP contribution is 2.24. The first-order valence-corrected chi connectivity index (χ1v) is 11.4. The predicted octanol–water partition coefficient (Wildman–Crippen LogP) is 5.40. The molecular weight excluding hydrogens is 500 g/mol. The topological polar surface area (TPSA) is 99.6 Å². The first-order chi connectivity index (χ1) is 16.4. The Morgan fingerprint density at radius 3 is 2.62 bits per heavy atom. The van der Waals surface area contributed by atoms with Crippen molar-refractivity contribution in [3.63, 3.8) is 0 Å². The fraction of sp³-hybridized carbons (Fsp3) is 0.160. The zero-order valence-electron chi connectivity index (χ0n) is 18.6. The molecule has 1 heterocycles. The molecule has 0 fully saturated rings. The van der Waals surface area contributed by atoms with Crippen molar-refractivity contribution < 1.29 is 9.66 Å². The van der Waals surface area contributed by atoms with Crippen LogP contribution in [-0.2, 0) is 13.0 Å². The van der Waals surface area contributed by atoms with Crippen LogP contribution in [-0.4, -0.2) is 20.8 Å². The minimum absolute atomic E-state index is 0.104. The van der Waals surface area contributed by atoms with Gasteiger partial charge in [-0.1, -0.05) is 52.7 Å². The molecule has 4 aromatic rings. The fourth-order valence-electron chi connectivity index (χ4n) is 3.39. The lowest BCUT2D eigenvalue weighted by molar-refractivity contribution is -0.384. The largest absolute Gasteiger partial charge is 0.488 e. The van der Waals surface area contributed by atoms with E-state index in [9.17, 15) is 14.9 Å². The lowest BCUT2D eigenvalue weighted by Gasteiger charge is -2.10. The summed E-state index contributed by atoms with van der Waals surface area (Å²) in [4.78, 5) is 28.5. The molecule has 0 aliphatic heterocycles. The van der Waals surface area contributed by atoms with Crippen LogP contribution < -0.4 is 10.3 Å². The molecule has 0 spiro atoms. The van der Waals surface area contributed by atoms with Gasteiger partial charge < -0.3 is 4.74 Å². The van der Waals surface area contributed by atoms with E-state index in [0.717, 1.165) is 15.6 Å². The number of nitro groups is 1. The molecule has 0 saturated carbocycles. The molecule has 0 bridgehead atoms. The number of aryl methyl sites for hydroxylation is 2. The van der Waals surface area contributed by atoms with E-state index in [1.54, 1.807) is 12.1 Å². The zero-order valence-corrected chi connectivity index (χ0v) is 20.2. The maximum Gasteiger partial charge on any atom is 0.282 e. The van der Waals surface area contributed by atoms with Crippen molar-refractivity contribution in [1.82, 2.24) is 9.66 Å². The summed E-state index contributed by atoms with van der Waals surface area (Å²) in [5, 5.41) is 16.1. The molecule has 0 amide bonds. The molecule has 0 N–H and O–H groups in total. The third-order valence-electron chi connectivity index (χ3n) is 5.22. The van der Waals surface area contributed by atoms with Crippen LogP contribution in [0.15, 0.2) is 75.0 Å². The van der Waals surface area contributed by atoms with Crippen LogP contribution >= 0.6 is 15.9 Å². The molecule has 0 aliphatic rings. The summed E-state index contributed by atoms with van der Waals surface area (Å²) in [6, 6.07) is 17.5. The van der Waals surface area contributed by atoms with Crippen molar-refractivity contribution in [3.8, 4) is 5.75 Å². The average molecular weight is 521 g/mol. The number of nitro benzene ring substituents is 1. The summed E-state index contributed by atoms with van der Waals surface area (Å²) in [5.41, 5.74) is 2.62. The van der Waals surface area contributed by atoms with E-state index in [-0.39, 0.29) is 17.9 Å². The van der Waals surface area contributed by atoms with Crippen LogP contribution in [0.1, 0.15) is 29.4 Å². The van der Waals surface area contributed by atoms with Gasteiger partial charge in [0.15, 0.2) is 0 Å². The lowest BCUT2D eigenvalue weighted by Crippen LogP contribution is -2.22. The molecule has 8 nitrogen and oxygen atoms in total. The van der Waals surface area contributed by atoms with Gasteiger partial charge in [-0.2, -0.15) is 9.78 Å². The highest BCUT2D eigenvalue weighted by atomic mass is 79.9. The van der Waals surface area contributed by atoms with Crippen LogP contribution in [0.5, 0.6) is 5.75 Å². The first-order valence-electron chi connectivity index (χ1n) is 10.6. The van der Waals surface area contributed by atoms with Gasteiger partial charge in [-0.05, 0) is 36.8 Å². The van der Waals surface area contributed by atoms with Crippen LogP contribution in [0.2, 0.25) is 0 Å². The number of fused-ring (bicyclic) bond motifs is 1. The number of nitrogens with zero attached hydrogens (tertiary/aromatic N) is 4. The van der Waals surface area contributed by atoms with Gasteiger partial charge in [0, 0.05) is 28.6 Å². The maximum atomic E-state index is 13.1. The number of benzene rings is 3. The van der Waals surface area contributed by atoms with Gasteiger partial charge in [0.1, 0.15) is 18.2 Å². The van der Waals surface area contributed by atoms with E-state index in [1.165, 1.54) is 29.1 Å². The van der Waals surface area contributed by atoms with Gasteiger partial charge in [-0.3, -0.25) is 14.9 Å². The summed E-state index contributed by atoms with van der Waals surface area (Å²) >= 11 is 3.38. The van der Waals surface area contributed by atoms with Gasteiger partial charge in [-0.15, -0.1) is 0 Å². The Bertz CT molecular complexity index is 1460. The Labute approximate surface area is 203 Å². The van der Waals surface area contributed by atoms with E-state index in [1.807, 2.05) is 44.2 Å². The normalized spacial score (nSPS) is 11.3. The Morgan fingerprint density at radius 2 is 1.91 bits per heavy atom.